The lowest BCUT2D eigenvalue weighted by Gasteiger charge is -2.13. The number of amides is 3. The van der Waals surface area contributed by atoms with E-state index in [2.05, 4.69) is 16.2 Å². The van der Waals surface area contributed by atoms with Crippen LogP contribution < -0.4 is 11.1 Å². The maximum Gasteiger partial charge on any atom is 0.270 e. The Balaban J connectivity index is 0.000000269. The maximum absolute atomic E-state index is 13.0. The van der Waals surface area contributed by atoms with E-state index >= 15 is 0 Å². The Labute approximate surface area is 188 Å². The number of likely N-dealkylation sites (tertiary alicyclic amines) is 1. The molecule has 4 N–H and O–H groups in total. The molecular weight excluding hydrogens is 435 g/mol. The van der Waals surface area contributed by atoms with Crippen LogP contribution in [0.5, 0.6) is 0 Å². The molecule has 3 amide bonds. The molecule has 2 heterocycles. The first-order valence-corrected chi connectivity index (χ1v) is 10.7. The Bertz CT molecular complexity index is 1110. The number of nitrogens with zero attached hydrogens (tertiary/aromatic N) is 2. The summed E-state index contributed by atoms with van der Waals surface area (Å²) in [6.45, 7) is 2.23. The average Bonchev–Trinajstić information content (AvgIpc) is 3.26. The van der Waals surface area contributed by atoms with Gasteiger partial charge in [-0.2, -0.15) is 0 Å². The van der Waals surface area contributed by atoms with E-state index in [1.807, 2.05) is 0 Å². The van der Waals surface area contributed by atoms with E-state index in [4.69, 9.17) is 12.2 Å². The molecule has 168 valence electrons. The van der Waals surface area contributed by atoms with Crippen LogP contribution in [0.25, 0.3) is 10.6 Å². The minimum atomic E-state index is -1.12. The highest BCUT2D eigenvalue weighted by Gasteiger charge is 2.44. The van der Waals surface area contributed by atoms with Crippen LogP contribution in [0.1, 0.15) is 35.8 Å². The van der Waals surface area contributed by atoms with E-state index in [0.717, 1.165) is 11.3 Å². The fraction of sp³-hybridized carbons (Fsp3) is 0.364. The molecule has 0 radical (unpaired) electrons. The van der Waals surface area contributed by atoms with Crippen LogP contribution in [0.4, 0.5) is 9.39 Å². The second kappa shape index (κ2) is 9.06. The van der Waals surface area contributed by atoms with E-state index in [9.17, 15) is 23.9 Å². The van der Waals surface area contributed by atoms with Crippen LogP contribution in [-0.4, -0.2) is 58.1 Å². The van der Waals surface area contributed by atoms with Gasteiger partial charge in [-0.05, 0) is 25.5 Å². The number of rotatable bonds is 4. The molecular formula is C22H23FN4O4S. The zero-order valence-electron chi connectivity index (χ0n) is 17.6. The van der Waals surface area contributed by atoms with Gasteiger partial charge >= 0.3 is 0 Å². The van der Waals surface area contributed by atoms with Crippen molar-refractivity contribution in [3.05, 3.63) is 35.5 Å². The van der Waals surface area contributed by atoms with Gasteiger partial charge in [0.25, 0.3) is 11.8 Å². The molecule has 32 heavy (non-hydrogen) atoms. The van der Waals surface area contributed by atoms with Crippen molar-refractivity contribution in [2.45, 2.75) is 31.5 Å². The molecule has 4 rings (SSSR count). The minimum Gasteiger partial charge on any atom is -0.380 e. The number of aromatic nitrogens is 1. The largest absolute Gasteiger partial charge is 0.380 e. The molecule has 1 aliphatic carbocycles. The predicted molar refractivity (Wildman–Crippen MR) is 119 cm³/mol. The van der Waals surface area contributed by atoms with Crippen molar-refractivity contribution in [2.24, 2.45) is 11.7 Å². The van der Waals surface area contributed by atoms with Gasteiger partial charge in [0.2, 0.25) is 5.91 Å². The molecule has 3 atom stereocenters. The summed E-state index contributed by atoms with van der Waals surface area (Å²) >= 11 is 1.10. The maximum atomic E-state index is 13.0. The summed E-state index contributed by atoms with van der Waals surface area (Å²) in [5, 5.41) is 12.5. The van der Waals surface area contributed by atoms with E-state index in [1.165, 1.54) is 0 Å². The molecule has 0 unspecified atom stereocenters. The summed E-state index contributed by atoms with van der Waals surface area (Å²) in [4.78, 5) is 40.0. The van der Waals surface area contributed by atoms with Crippen molar-refractivity contribution in [3.63, 3.8) is 0 Å². The molecule has 1 aromatic carbocycles. The van der Waals surface area contributed by atoms with Crippen LogP contribution in [0.15, 0.2) is 24.3 Å². The number of benzene rings is 1. The number of anilines is 1. The van der Waals surface area contributed by atoms with Gasteiger partial charge < -0.3 is 21.1 Å². The molecule has 2 aromatic rings. The minimum absolute atomic E-state index is 0.0412. The van der Waals surface area contributed by atoms with E-state index in [-0.39, 0.29) is 23.0 Å². The van der Waals surface area contributed by atoms with Gasteiger partial charge in [-0.3, -0.25) is 14.4 Å². The first kappa shape index (κ1) is 23.4. The van der Waals surface area contributed by atoms with Crippen molar-refractivity contribution in [3.8, 4) is 22.9 Å². The van der Waals surface area contributed by atoms with Gasteiger partial charge in [0.05, 0.1) is 5.92 Å². The number of thiazole rings is 1. The number of nitrogens with two attached hydrogens (primary N) is 1. The fourth-order valence-corrected chi connectivity index (χ4v) is 4.05. The summed E-state index contributed by atoms with van der Waals surface area (Å²) in [6, 6.07) is 7.07. The molecule has 1 aliphatic heterocycles. The highest BCUT2D eigenvalue weighted by Crippen LogP contribution is 2.37. The molecule has 1 saturated carbocycles. The molecule has 0 bridgehead atoms. The van der Waals surface area contributed by atoms with Crippen molar-refractivity contribution in [2.75, 3.05) is 18.9 Å². The summed E-state index contributed by atoms with van der Waals surface area (Å²) < 4.78 is 13.0. The third-order valence-electron chi connectivity index (χ3n) is 5.16. The van der Waals surface area contributed by atoms with Crippen molar-refractivity contribution in [1.82, 2.24) is 9.88 Å². The molecule has 2 aliphatic rings. The Hall–Kier alpha value is -3.29. The number of halogens is 1. The van der Waals surface area contributed by atoms with E-state index < -0.39 is 29.5 Å². The number of alkyl halides is 1. The Morgan fingerprint density at radius 1 is 1.47 bits per heavy atom. The highest BCUT2D eigenvalue weighted by molar-refractivity contribution is 7.19. The predicted octanol–water partition coefficient (Wildman–Crippen LogP) is 1.79. The first-order chi connectivity index (χ1) is 15.0. The second-order valence-corrected chi connectivity index (χ2v) is 8.88. The lowest BCUT2D eigenvalue weighted by molar-refractivity contribution is -0.140. The number of aliphatic hydroxyl groups is 1. The fourth-order valence-electron chi connectivity index (χ4n) is 3.08. The SMILES string of the molecule is C#Cc1cccc(-c2nc(C(N)=O)c(NC(=O)[C@H]3C[C@@H]3F)s2)c1.CN1CC[C@](C)(O)C1=O. The Kier molecular flexibility index (Phi) is 6.62. The van der Waals surface area contributed by atoms with Crippen LogP contribution in [0.2, 0.25) is 0 Å². The Morgan fingerprint density at radius 2 is 2.16 bits per heavy atom. The van der Waals surface area contributed by atoms with Crippen LogP contribution in [0, 0.1) is 18.3 Å². The van der Waals surface area contributed by atoms with Crippen molar-refractivity contribution >= 4 is 34.1 Å². The molecule has 10 heteroatoms. The van der Waals surface area contributed by atoms with Gasteiger partial charge in [-0.1, -0.05) is 29.4 Å². The standard InChI is InChI=1S/C16H12FN3O2S.C6H11NO2/c1-2-8-4-3-5-9(6-8)15-19-12(13(18)21)16(23-15)20-14(22)10-7-11(10)17;1-6(9)3-4-7(2)5(6)8/h1,3-6,10-11H,7H2,(H2,18,21)(H,20,22);9H,3-4H2,1-2H3/t10-,11-;6-/m00/s1. The van der Waals surface area contributed by atoms with Gasteiger partial charge in [0.1, 0.15) is 21.8 Å². The second-order valence-electron chi connectivity index (χ2n) is 7.88. The summed E-state index contributed by atoms with van der Waals surface area (Å²) in [5.74, 6) is 0.464. The number of hydrogen-bond acceptors (Lipinski definition) is 6. The van der Waals surface area contributed by atoms with Crippen LogP contribution in [-0.2, 0) is 9.59 Å². The third-order valence-corrected chi connectivity index (χ3v) is 6.18. The molecule has 8 nitrogen and oxygen atoms in total. The highest BCUT2D eigenvalue weighted by atomic mass is 32.1. The summed E-state index contributed by atoms with van der Waals surface area (Å²) in [5.41, 5.74) is 5.55. The van der Waals surface area contributed by atoms with Crippen molar-refractivity contribution < 1.29 is 23.9 Å². The number of likely N-dealkylation sites (N-methyl/N-ethyl adjacent to an activating group) is 1. The van der Waals surface area contributed by atoms with E-state index in [0.29, 0.717) is 29.1 Å². The number of carbonyl (C=O) groups excluding carboxylic acids is 3. The molecule has 2 fully saturated rings. The number of nitrogens with one attached hydrogen (secondary N) is 1. The van der Waals surface area contributed by atoms with Gasteiger partial charge in [0, 0.05) is 31.1 Å². The third kappa shape index (κ3) is 5.12. The number of carbonyl (C=O) groups is 3. The van der Waals surface area contributed by atoms with Crippen LogP contribution >= 0.6 is 11.3 Å². The number of terminal acetylenes is 1. The smallest absolute Gasteiger partial charge is 0.270 e. The normalized spacial score (nSPS) is 23.7. The first-order valence-electron chi connectivity index (χ1n) is 9.84. The van der Waals surface area contributed by atoms with Crippen LogP contribution in [0.3, 0.4) is 0 Å². The lowest BCUT2D eigenvalue weighted by atomic mass is 10.1. The summed E-state index contributed by atoms with van der Waals surface area (Å²) in [7, 11) is 1.70. The van der Waals surface area contributed by atoms with Gasteiger partial charge in [0.15, 0.2) is 5.69 Å². The zero-order chi connectivity index (χ0) is 23.6. The molecule has 0 spiro atoms. The molecule has 1 saturated heterocycles. The lowest BCUT2D eigenvalue weighted by Crippen LogP contribution is -2.35. The van der Waals surface area contributed by atoms with Crippen molar-refractivity contribution in [1.29, 1.82) is 0 Å². The monoisotopic (exact) mass is 458 g/mol. The van der Waals surface area contributed by atoms with Gasteiger partial charge in [-0.25, -0.2) is 9.37 Å². The molecule has 1 aromatic heterocycles. The van der Waals surface area contributed by atoms with Gasteiger partial charge in [-0.15, -0.1) is 6.42 Å². The number of primary amides is 1. The Morgan fingerprint density at radius 3 is 2.62 bits per heavy atom. The quantitative estimate of drug-likeness (QED) is 0.603. The average molecular weight is 459 g/mol. The topological polar surface area (TPSA) is 126 Å². The summed E-state index contributed by atoms with van der Waals surface area (Å²) in [6.07, 6.45) is 5.01. The van der Waals surface area contributed by atoms with E-state index in [1.54, 1.807) is 43.1 Å². The zero-order valence-corrected chi connectivity index (χ0v) is 18.4. The number of hydrogen-bond donors (Lipinski definition) is 3.